The summed E-state index contributed by atoms with van der Waals surface area (Å²) in [6, 6.07) is 0. The van der Waals surface area contributed by atoms with E-state index in [-0.39, 0.29) is 17.7 Å². The van der Waals surface area contributed by atoms with Crippen molar-refractivity contribution in [1.29, 1.82) is 0 Å². The zero-order chi connectivity index (χ0) is 19.2. The summed E-state index contributed by atoms with van der Waals surface area (Å²) >= 11 is 0. The average Bonchev–Trinajstić information content (AvgIpc) is 2.64. The van der Waals surface area contributed by atoms with Crippen molar-refractivity contribution in [2.24, 2.45) is 17.8 Å². The second-order valence-corrected chi connectivity index (χ2v) is 7.25. The molecular weight excluding hydrogens is 334 g/mol. The Morgan fingerprint density at radius 1 is 0.923 bits per heavy atom. The molecule has 0 saturated heterocycles. The highest BCUT2D eigenvalue weighted by molar-refractivity contribution is 5.82. The molecule has 0 aliphatic heterocycles. The van der Waals surface area contributed by atoms with Gasteiger partial charge in [-0.25, -0.2) is 0 Å². The fourth-order valence-corrected chi connectivity index (χ4v) is 3.22. The van der Waals surface area contributed by atoms with Gasteiger partial charge in [0.2, 0.25) is 5.91 Å². The van der Waals surface area contributed by atoms with Crippen molar-refractivity contribution in [3.63, 3.8) is 0 Å². The quantitative estimate of drug-likeness (QED) is 0.475. The van der Waals surface area contributed by atoms with Crippen molar-refractivity contribution >= 4 is 11.7 Å². The summed E-state index contributed by atoms with van der Waals surface area (Å²) in [7, 11) is 0. The molecule has 0 unspecified atom stereocenters. The van der Waals surface area contributed by atoms with E-state index < -0.39 is 0 Å². The van der Waals surface area contributed by atoms with Gasteiger partial charge in [-0.15, -0.1) is 0 Å². The molecule has 0 spiro atoms. The number of amides is 1. The van der Waals surface area contributed by atoms with Crippen molar-refractivity contribution in [1.82, 2.24) is 5.32 Å². The van der Waals surface area contributed by atoms with Crippen LogP contribution in [0.5, 0.6) is 0 Å². The van der Waals surface area contributed by atoms with Crippen molar-refractivity contribution in [3.05, 3.63) is 0 Å². The molecule has 26 heavy (non-hydrogen) atoms. The topological polar surface area (TPSA) is 73.9 Å². The molecule has 0 heterocycles. The van der Waals surface area contributed by atoms with Gasteiger partial charge in [-0.3, -0.25) is 9.59 Å². The standard InChI is InChI=1S/C20H37NO5/c1-4-24-11-12-26-14-13-25-10-9-19(22)21-15-17-5-7-18(8-6-17)20(23)16(2)3/h16-18H,4-15H2,1-3H3,(H,21,22). The lowest BCUT2D eigenvalue weighted by atomic mass is 9.78. The third kappa shape index (κ3) is 10.2. The molecule has 1 rings (SSSR count). The summed E-state index contributed by atoms with van der Waals surface area (Å²) in [4.78, 5) is 23.9. The summed E-state index contributed by atoms with van der Waals surface area (Å²) in [5.74, 6) is 1.28. The predicted octanol–water partition coefficient (Wildman–Crippen LogP) is 2.59. The Morgan fingerprint density at radius 2 is 1.50 bits per heavy atom. The van der Waals surface area contributed by atoms with Crippen LogP contribution in [-0.2, 0) is 23.8 Å². The number of ketones is 1. The van der Waals surface area contributed by atoms with E-state index in [1.807, 2.05) is 20.8 Å². The van der Waals surface area contributed by atoms with Crippen molar-refractivity contribution in [2.75, 3.05) is 46.2 Å². The lowest BCUT2D eigenvalue weighted by molar-refractivity contribution is -0.127. The van der Waals surface area contributed by atoms with E-state index in [1.54, 1.807) is 0 Å². The summed E-state index contributed by atoms with van der Waals surface area (Å²) in [6.07, 6.45) is 4.35. The van der Waals surface area contributed by atoms with E-state index in [4.69, 9.17) is 14.2 Å². The number of carbonyl (C=O) groups excluding carboxylic acids is 2. The molecule has 152 valence electrons. The Hall–Kier alpha value is -0.980. The third-order valence-corrected chi connectivity index (χ3v) is 4.83. The minimum Gasteiger partial charge on any atom is -0.379 e. The van der Waals surface area contributed by atoms with Crippen molar-refractivity contribution < 1.29 is 23.8 Å². The molecule has 1 aliphatic rings. The molecule has 0 atom stereocenters. The number of hydrogen-bond acceptors (Lipinski definition) is 5. The fourth-order valence-electron chi connectivity index (χ4n) is 3.22. The zero-order valence-electron chi connectivity index (χ0n) is 16.8. The van der Waals surface area contributed by atoms with Gasteiger partial charge in [-0.05, 0) is 38.5 Å². The number of nitrogens with one attached hydrogen (secondary N) is 1. The van der Waals surface area contributed by atoms with Crippen LogP contribution < -0.4 is 5.32 Å². The molecule has 1 N–H and O–H groups in total. The van der Waals surface area contributed by atoms with Crippen LogP contribution in [0.3, 0.4) is 0 Å². The van der Waals surface area contributed by atoms with Gasteiger partial charge in [0.15, 0.2) is 0 Å². The van der Waals surface area contributed by atoms with Crippen molar-refractivity contribution in [2.45, 2.75) is 52.9 Å². The molecule has 1 amide bonds. The Morgan fingerprint density at radius 3 is 2.08 bits per heavy atom. The number of rotatable bonds is 14. The number of carbonyl (C=O) groups is 2. The monoisotopic (exact) mass is 371 g/mol. The lowest BCUT2D eigenvalue weighted by Gasteiger charge is -2.28. The first kappa shape index (κ1) is 23.1. The lowest BCUT2D eigenvalue weighted by Crippen LogP contribution is -2.33. The van der Waals surface area contributed by atoms with Gasteiger partial charge in [0, 0.05) is 31.4 Å². The van der Waals surface area contributed by atoms with Crippen LogP contribution in [0, 0.1) is 17.8 Å². The second-order valence-electron chi connectivity index (χ2n) is 7.25. The molecule has 1 saturated carbocycles. The van der Waals surface area contributed by atoms with Gasteiger partial charge < -0.3 is 19.5 Å². The Labute approximate surface area is 158 Å². The van der Waals surface area contributed by atoms with Gasteiger partial charge in [-0.2, -0.15) is 0 Å². The van der Waals surface area contributed by atoms with Gasteiger partial charge in [0.05, 0.1) is 33.0 Å². The third-order valence-electron chi connectivity index (χ3n) is 4.83. The number of hydrogen-bond donors (Lipinski definition) is 1. The highest BCUT2D eigenvalue weighted by Crippen LogP contribution is 2.30. The molecule has 1 aliphatic carbocycles. The van der Waals surface area contributed by atoms with Gasteiger partial charge in [0.25, 0.3) is 0 Å². The van der Waals surface area contributed by atoms with Gasteiger partial charge in [0.1, 0.15) is 5.78 Å². The zero-order valence-corrected chi connectivity index (χ0v) is 16.8. The maximum atomic E-state index is 12.0. The molecule has 0 bridgehead atoms. The molecule has 0 radical (unpaired) electrons. The highest BCUT2D eigenvalue weighted by Gasteiger charge is 2.27. The Kier molecular flexibility index (Phi) is 12.5. The van der Waals surface area contributed by atoms with E-state index in [1.165, 1.54) is 0 Å². The van der Waals surface area contributed by atoms with E-state index >= 15 is 0 Å². The van der Waals surface area contributed by atoms with Crippen LogP contribution in [0.15, 0.2) is 0 Å². The largest absolute Gasteiger partial charge is 0.379 e. The van der Waals surface area contributed by atoms with Gasteiger partial charge >= 0.3 is 0 Å². The minimum atomic E-state index is 0.0302. The van der Waals surface area contributed by atoms with E-state index in [0.717, 1.165) is 25.7 Å². The highest BCUT2D eigenvalue weighted by atomic mass is 16.5. The van der Waals surface area contributed by atoms with E-state index in [0.29, 0.717) is 64.3 Å². The van der Waals surface area contributed by atoms with Crippen LogP contribution in [-0.4, -0.2) is 57.9 Å². The summed E-state index contributed by atoms with van der Waals surface area (Å²) in [5, 5.41) is 2.99. The van der Waals surface area contributed by atoms with Crippen LogP contribution in [0.25, 0.3) is 0 Å². The molecule has 0 aromatic rings. The normalized spacial score (nSPS) is 20.3. The number of Topliss-reactive ketones (excluding diaryl/α,β-unsaturated/α-hetero) is 1. The molecule has 6 heteroatoms. The molecule has 0 aromatic heterocycles. The molecular formula is C20H37NO5. The molecule has 6 nitrogen and oxygen atoms in total. The average molecular weight is 372 g/mol. The number of ether oxygens (including phenoxy) is 3. The maximum Gasteiger partial charge on any atom is 0.222 e. The van der Waals surface area contributed by atoms with E-state index in [9.17, 15) is 9.59 Å². The summed E-state index contributed by atoms with van der Waals surface area (Å²) < 4.78 is 15.9. The predicted molar refractivity (Wildman–Crippen MR) is 101 cm³/mol. The van der Waals surface area contributed by atoms with E-state index in [2.05, 4.69) is 5.32 Å². The second kappa shape index (κ2) is 14.1. The first-order valence-corrected chi connectivity index (χ1v) is 10.1. The molecule has 1 fully saturated rings. The van der Waals surface area contributed by atoms with Crippen LogP contribution in [0.2, 0.25) is 0 Å². The smallest absolute Gasteiger partial charge is 0.222 e. The first-order valence-electron chi connectivity index (χ1n) is 10.1. The Bertz CT molecular complexity index is 392. The van der Waals surface area contributed by atoms with Crippen molar-refractivity contribution in [3.8, 4) is 0 Å². The Balaban J connectivity index is 1.97. The SMILES string of the molecule is CCOCCOCCOCCC(=O)NCC1CCC(C(=O)C(C)C)CC1. The van der Waals surface area contributed by atoms with Crippen LogP contribution >= 0.6 is 0 Å². The van der Waals surface area contributed by atoms with Crippen LogP contribution in [0.1, 0.15) is 52.9 Å². The summed E-state index contributed by atoms with van der Waals surface area (Å²) in [5.41, 5.74) is 0. The summed E-state index contributed by atoms with van der Waals surface area (Å²) in [6.45, 7) is 9.92. The molecule has 0 aromatic carbocycles. The van der Waals surface area contributed by atoms with Crippen LogP contribution in [0.4, 0.5) is 0 Å². The van der Waals surface area contributed by atoms with Gasteiger partial charge in [-0.1, -0.05) is 13.8 Å². The first-order chi connectivity index (χ1) is 12.5. The fraction of sp³-hybridized carbons (Fsp3) is 0.900. The maximum absolute atomic E-state index is 12.0. The minimum absolute atomic E-state index is 0.0302.